The van der Waals surface area contributed by atoms with Crippen molar-refractivity contribution in [3.63, 3.8) is 0 Å². The van der Waals surface area contributed by atoms with Crippen LogP contribution < -0.4 is 20.5 Å². The first-order valence-corrected chi connectivity index (χ1v) is 11.4. The molecule has 6 nitrogen and oxygen atoms in total. The van der Waals surface area contributed by atoms with Crippen molar-refractivity contribution in [2.75, 3.05) is 6.61 Å². The maximum atomic E-state index is 13.4. The van der Waals surface area contributed by atoms with E-state index < -0.39 is 11.9 Å². The quantitative estimate of drug-likeness (QED) is 0.607. The number of carbonyl (C=O) groups excluding carboxylic acids is 1. The minimum absolute atomic E-state index is 0.0412. The van der Waals surface area contributed by atoms with Crippen LogP contribution >= 0.6 is 11.3 Å². The third kappa shape index (κ3) is 3.79. The van der Waals surface area contributed by atoms with Gasteiger partial charge in [-0.05, 0) is 49.1 Å². The van der Waals surface area contributed by atoms with Gasteiger partial charge in [-0.1, -0.05) is 48.5 Å². The lowest BCUT2D eigenvalue weighted by molar-refractivity contribution is -0.136. The molecular formula is C26H23N3O3S. The first-order valence-electron chi connectivity index (χ1n) is 10.5. The molecule has 1 atom stereocenters. The summed E-state index contributed by atoms with van der Waals surface area (Å²) < 4.78 is 7.46. The van der Waals surface area contributed by atoms with Crippen LogP contribution in [0.2, 0.25) is 0 Å². The Hall–Kier alpha value is -3.89. The summed E-state index contributed by atoms with van der Waals surface area (Å²) in [5.41, 5.74) is 10.0. The maximum Gasteiger partial charge on any atom is 0.338 e. The third-order valence-corrected chi connectivity index (χ3v) is 6.85. The second-order valence-electron chi connectivity index (χ2n) is 7.75. The van der Waals surface area contributed by atoms with Crippen molar-refractivity contribution in [2.45, 2.75) is 26.7 Å². The fourth-order valence-corrected chi connectivity index (χ4v) is 5.22. The lowest BCUT2D eigenvalue weighted by Crippen LogP contribution is -2.40. The van der Waals surface area contributed by atoms with E-state index in [4.69, 9.17) is 10.5 Å². The van der Waals surface area contributed by atoms with Gasteiger partial charge in [-0.15, -0.1) is 11.3 Å². The predicted molar refractivity (Wildman–Crippen MR) is 130 cm³/mol. The first kappa shape index (κ1) is 22.3. The van der Waals surface area contributed by atoms with Gasteiger partial charge in [0.15, 0.2) is 0 Å². The Morgan fingerprint density at radius 2 is 1.85 bits per heavy atom. The van der Waals surface area contributed by atoms with E-state index in [1.165, 1.54) is 15.9 Å². The molecule has 0 spiro atoms. The van der Waals surface area contributed by atoms with Gasteiger partial charge in [-0.25, -0.2) is 4.79 Å². The van der Waals surface area contributed by atoms with Crippen LogP contribution in [0.15, 0.2) is 58.9 Å². The molecule has 0 unspecified atom stereocenters. The topological polar surface area (TPSA) is 98.1 Å². The highest BCUT2D eigenvalue weighted by atomic mass is 32.1. The molecule has 2 aromatic carbocycles. The second-order valence-corrected chi connectivity index (χ2v) is 8.78. The van der Waals surface area contributed by atoms with Gasteiger partial charge in [0.25, 0.3) is 5.56 Å². The summed E-state index contributed by atoms with van der Waals surface area (Å²) in [7, 11) is 0. The number of nitrogens with zero attached hydrogens (tertiary/aromatic N) is 2. The molecule has 3 aromatic rings. The standard InChI is InChI=1S/C26H23N3O3S/c1-4-32-26(31)22-21(18-12-8-6-10-16(18)3)19(14-27)23(28)29-24(30)20(33-25(22)29)13-17-11-7-5-9-15(17)2/h5-13,21H,4,28H2,1-3H3/b20-13-/t21-/m0/s1. The lowest BCUT2D eigenvalue weighted by Gasteiger charge is -2.25. The van der Waals surface area contributed by atoms with Crippen LogP contribution in [0, 0.1) is 25.2 Å². The molecule has 0 aliphatic carbocycles. The fourth-order valence-electron chi connectivity index (χ4n) is 4.06. The summed E-state index contributed by atoms with van der Waals surface area (Å²) in [5.74, 6) is -1.25. The van der Waals surface area contributed by atoms with E-state index in [1.807, 2.05) is 62.4 Å². The Kier molecular flexibility index (Phi) is 6.03. The number of nitrogens with two attached hydrogens (primary N) is 1. The van der Waals surface area contributed by atoms with Gasteiger partial charge in [0.2, 0.25) is 0 Å². The number of aryl methyl sites for hydroxylation is 2. The molecule has 0 saturated carbocycles. The van der Waals surface area contributed by atoms with Crippen molar-refractivity contribution in [2.24, 2.45) is 5.73 Å². The number of thiazole rings is 1. The van der Waals surface area contributed by atoms with Crippen molar-refractivity contribution < 1.29 is 9.53 Å². The summed E-state index contributed by atoms with van der Waals surface area (Å²) in [6, 6.07) is 17.4. The minimum atomic E-state index is -0.723. The number of carbonyl (C=O) groups is 1. The maximum absolute atomic E-state index is 13.4. The number of benzene rings is 2. The molecule has 1 aromatic heterocycles. The summed E-state index contributed by atoms with van der Waals surface area (Å²) in [6.45, 7) is 5.76. The summed E-state index contributed by atoms with van der Waals surface area (Å²) in [5, 5.41) is 10.0. The zero-order valence-corrected chi connectivity index (χ0v) is 19.4. The molecule has 7 heteroatoms. The van der Waals surface area contributed by atoms with Gasteiger partial charge in [-0.3, -0.25) is 9.36 Å². The summed E-state index contributed by atoms with van der Waals surface area (Å²) >= 11 is 1.18. The molecule has 0 saturated heterocycles. The van der Waals surface area contributed by atoms with E-state index in [1.54, 1.807) is 13.0 Å². The van der Waals surface area contributed by atoms with Crippen molar-refractivity contribution in [1.82, 2.24) is 4.57 Å². The van der Waals surface area contributed by atoms with E-state index >= 15 is 0 Å². The molecule has 1 aliphatic rings. The molecule has 166 valence electrons. The highest BCUT2D eigenvalue weighted by Crippen LogP contribution is 2.37. The van der Waals surface area contributed by atoms with Gasteiger partial charge in [0, 0.05) is 0 Å². The Balaban J connectivity index is 2.14. The Labute approximate surface area is 195 Å². The highest BCUT2D eigenvalue weighted by Gasteiger charge is 2.36. The fraction of sp³-hybridized carbons (Fsp3) is 0.192. The van der Waals surface area contributed by atoms with Crippen molar-refractivity contribution in [1.29, 1.82) is 5.26 Å². The van der Waals surface area contributed by atoms with E-state index in [0.717, 1.165) is 22.3 Å². The van der Waals surface area contributed by atoms with Gasteiger partial charge in [-0.2, -0.15) is 5.26 Å². The number of allylic oxidation sites excluding steroid dienone is 1. The normalized spacial score (nSPS) is 15.9. The average molecular weight is 458 g/mol. The van der Waals surface area contributed by atoms with Crippen LogP contribution in [-0.4, -0.2) is 17.1 Å². The van der Waals surface area contributed by atoms with Gasteiger partial charge >= 0.3 is 5.97 Å². The summed E-state index contributed by atoms with van der Waals surface area (Å²) in [4.78, 5) is 26.6. The van der Waals surface area contributed by atoms with Gasteiger partial charge < -0.3 is 10.5 Å². The van der Waals surface area contributed by atoms with Crippen LogP contribution in [0.4, 0.5) is 0 Å². The average Bonchev–Trinajstić information content (AvgIpc) is 3.11. The zero-order valence-electron chi connectivity index (χ0n) is 18.6. The third-order valence-electron chi connectivity index (χ3n) is 5.74. The van der Waals surface area contributed by atoms with Crippen LogP contribution in [0.5, 0.6) is 0 Å². The number of esters is 1. The van der Waals surface area contributed by atoms with E-state index in [-0.39, 0.29) is 29.1 Å². The van der Waals surface area contributed by atoms with E-state index in [2.05, 4.69) is 6.07 Å². The largest absolute Gasteiger partial charge is 0.463 e. The van der Waals surface area contributed by atoms with Crippen LogP contribution in [0.1, 0.15) is 35.1 Å². The van der Waals surface area contributed by atoms with Crippen molar-refractivity contribution >= 4 is 34.8 Å². The van der Waals surface area contributed by atoms with Crippen molar-refractivity contribution in [3.8, 4) is 6.07 Å². The molecule has 1 aliphatic heterocycles. The molecule has 33 heavy (non-hydrogen) atoms. The SMILES string of the molecule is CCOC(=O)C1=c2s/c(=C\c3ccccc3C)c(=O)n2C(N)=C(C#N)[C@@H]1c1ccccc1C. The van der Waals surface area contributed by atoms with Gasteiger partial charge in [0.05, 0.1) is 34.3 Å². The van der Waals surface area contributed by atoms with Crippen LogP contribution in [-0.2, 0) is 9.53 Å². The molecule has 0 amide bonds. The van der Waals surface area contributed by atoms with E-state index in [9.17, 15) is 14.9 Å². The summed E-state index contributed by atoms with van der Waals surface area (Å²) in [6.07, 6.45) is 1.79. The number of hydrogen-bond donors (Lipinski definition) is 1. The molecule has 0 radical (unpaired) electrons. The van der Waals surface area contributed by atoms with Crippen molar-refractivity contribution in [3.05, 3.63) is 95.9 Å². The van der Waals surface area contributed by atoms with E-state index in [0.29, 0.717) is 9.20 Å². The molecule has 0 bridgehead atoms. The zero-order chi connectivity index (χ0) is 23.7. The monoisotopic (exact) mass is 457 g/mol. The molecule has 2 heterocycles. The Bertz CT molecular complexity index is 1520. The molecular weight excluding hydrogens is 434 g/mol. The first-order chi connectivity index (χ1) is 15.9. The molecule has 4 rings (SSSR count). The van der Waals surface area contributed by atoms with Gasteiger partial charge in [0.1, 0.15) is 10.5 Å². The molecule has 0 fully saturated rings. The van der Waals surface area contributed by atoms with Crippen LogP contribution in [0.3, 0.4) is 0 Å². The lowest BCUT2D eigenvalue weighted by atomic mass is 9.82. The predicted octanol–water partition coefficient (Wildman–Crippen LogP) is 2.52. The minimum Gasteiger partial charge on any atom is -0.463 e. The highest BCUT2D eigenvalue weighted by molar-refractivity contribution is 7.07. The smallest absolute Gasteiger partial charge is 0.338 e. The second kappa shape index (κ2) is 8.93. The number of nitriles is 1. The number of ether oxygens (including phenoxy) is 1. The Morgan fingerprint density at radius 3 is 2.48 bits per heavy atom. The molecule has 2 N–H and O–H groups in total. The number of hydrogen-bond acceptors (Lipinski definition) is 6. The number of rotatable bonds is 4. The number of fused-ring (bicyclic) bond motifs is 1. The Morgan fingerprint density at radius 1 is 1.18 bits per heavy atom. The number of aromatic nitrogens is 1. The van der Waals surface area contributed by atoms with Crippen LogP contribution in [0.25, 0.3) is 17.5 Å².